The van der Waals surface area contributed by atoms with E-state index < -0.39 is 120 Å². The van der Waals surface area contributed by atoms with E-state index in [4.69, 9.17) is 49.9 Å². The number of methoxy groups -OCH3 is 1. The van der Waals surface area contributed by atoms with Gasteiger partial charge in [0.05, 0.1) is 13.2 Å². The molecule has 2 saturated heterocycles. The average Bonchev–Trinajstić information content (AvgIpc) is 2.87. The molecule has 0 aromatic carbocycles. The Bertz CT molecular complexity index is 1090. The van der Waals surface area contributed by atoms with E-state index in [0.717, 1.165) is 0 Å². The van der Waals surface area contributed by atoms with Crippen LogP contribution in [0.3, 0.4) is 0 Å². The van der Waals surface area contributed by atoms with Crippen molar-refractivity contribution in [3.05, 3.63) is 0 Å². The van der Waals surface area contributed by atoms with Crippen molar-refractivity contribution in [3.63, 3.8) is 0 Å². The van der Waals surface area contributed by atoms with E-state index in [2.05, 4.69) is 137 Å². The molecule has 0 aliphatic carbocycles. The van der Waals surface area contributed by atoms with Crippen molar-refractivity contribution < 1.29 is 49.9 Å². The van der Waals surface area contributed by atoms with Gasteiger partial charge >= 0.3 is 0 Å². The molecule has 0 radical (unpaired) electrons. The second kappa shape index (κ2) is 18.3. The van der Waals surface area contributed by atoms with Crippen molar-refractivity contribution in [3.8, 4) is 0 Å². The fourth-order valence-corrected chi connectivity index (χ4v) is 12.7. The van der Waals surface area contributed by atoms with E-state index in [0.29, 0.717) is 13.2 Å². The Balaban J connectivity index is 2.86. The molecule has 0 amide bonds. The van der Waals surface area contributed by atoms with Gasteiger partial charge in [-0.05, 0) is 137 Å². The van der Waals surface area contributed by atoms with Crippen LogP contribution < -0.4 is 0 Å². The van der Waals surface area contributed by atoms with Crippen LogP contribution in [-0.4, -0.2) is 140 Å². The van der Waals surface area contributed by atoms with Gasteiger partial charge in [0.15, 0.2) is 70.8 Å². The SMILES string of the molecule is CO[C@H]1O[C@H](CO[Si](C)(C)C)[C@@H](O[C@@H]2O[C@H](CO[Si](C)(C)C)[C@@H](O[Si](C)(C)C)[C@H](O[Si](C)(C)C)[C@H]2O[Si](C)(C)C)[C@H](O[Si](C)(C)C)[C@H]1O[Si](C)(C)C. The smallest absolute Gasteiger partial charge is 0.186 e. The molecule has 0 aromatic rings. The Morgan fingerprint density at radius 3 is 0.981 bits per heavy atom. The van der Waals surface area contributed by atoms with Crippen molar-refractivity contribution in [1.29, 1.82) is 0 Å². The lowest BCUT2D eigenvalue weighted by Crippen LogP contribution is -2.69. The second-order valence-corrected chi connectivity index (χ2v) is 52.6. The highest BCUT2D eigenvalue weighted by Crippen LogP contribution is 2.39. The van der Waals surface area contributed by atoms with Crippen molar-refractivity contribution >= 4 is 58.2 Å². The Morgan fingerprint density at radius 1 is 0.346 bits per heavy atom. The summed E-state index contributed by atoms with van der Waals surface area (Å²) in [5.74, 6) is 0. The molecule has 18 heteroatoms. The fraction of sp³-hybridized carbons (Fsp3) is 1.00. The molecule has 310 valence electrons. The zero-order valence-corrected chi connectivity index (χ0v) is 44.2. The maximum atomic E-state index is 7.36. The summed E-state index contributed by atoms with van der Waals surface area (Å²) in [5.41, 5.74) is 0. The van der Waals surface area contributed by atoms with Crippen LogP contribution in [0.5, 0.6) is 0 Å². The van der Waals surface area contributed by atoms with Gasteiger partial charge in [-0.2, -0.15) is 0 Å². The number of rotatable bonds is 19. The van der Waals surface area contributed by atoms with Crippen LogP contribution in [0.1, 0.15) is 0 Å². The molecule has 11 nitrogen and oxygen atoms in total. The largest absolute Gasteiger partial charge is 0.415 e. The van der Waals surface area contributed by atoms with Gasteiger partial charge in [-0.15, -0.1) is 0 Å². The molecule has 2 rings (SSSR count). The third-order valence-corrected chi connectivity index (χ3v) is 14.5. The van der Waals surface area contributed by atoms with E-state index >= 15 is 0 Å². The zero-order valence-electron chi connectivity index (χ0n) is 37.2. The van der Waals surface area contributed by atoms with Crippen LogP contribution in [0.15, 0.2) is 0 Å². The van der Waals surface area contributed by atoms with Crippen LogP contribution >= 0.6 is 0 Å². The second-order valence-electron chi connectivity index (χ2n) is 21.2. The minimum Gasteiger partial charge on any atom is -0.415 e. The molecule has 0 bridgehead atoms. The molecule has 52 heavy (non-hydrogen) atoms. The molecule has 0 N–H and O–H groups in total. The van der Waals surface area contributed by atoms with Gasteiger partial charge in [-0.25, -0.2) is 0 Å². The highest BCUT2D eigenvalue weighted by molar-refractivity contribution is 6.72. The summed E-state index contributed by atoms with van der Waals surface area (Å²) in [6.45, 7) is 46.7. The van der Waals surface area contributed by atoms with Gasteiger partial charge in [-0.1, -0.05) is 0 Å². The molecule has 2 fully saturated rings. The highest BCUT2D eigenvalue weighted by Gasteiger charge is 2.57. The zero-order chi connectivity index (χ0) is 40.5. The Labute approximate surface area is 326 Å². The van der Waals surface area contributed by atoms with Crippen molar-refractivity contribution in [2.45, 2.75) is 199 Å². The molecular weight excluding hydrogens is 781 g/mol. The summed E-state index contributed by atoms with van der Waals surface area (Å²) >= 11 is 0. The molecule has 0 aromatic heterocycles. The van der Waals surface area contributed by atoms with E-state index in [1.165, 1.54) is 0 Å². The molecule has 2 aliphatic heterocycles. The Kier molecular flexibility index (Phi) is 17.4. The predicted molar refractivity (Wildman–Crippen MR) is 229 cm³/mol. The standard InChI is InChI=1S/C34H80O11Si7/c1-35-33-31(44-51(17,18)19)29(42-49(11,12)13)27(25(38-33)23-36-46(2,3)4)40-34-32(45-52(20,21)22)30(43-50(14,15)16)28(41-48(8,9)10)26(39-34)24-37-47(5,6)7/h25-34H,23-24H2,1-22H3/t25-,26-,27-,28-,29+,30+,31-,32-,33+,34+/m1/s1. The monoisotopic (exact) mass is 860 g/mol. The van der Waals surface area contributed by atoms with E-state index in [1.807, 2.05) is 0 Å². The topological polar surface area (TPSA) is 102 Å². The van der Waals surface area contributed by atoms with E-state index in [1.54, 1.807) is 7.11 Å². The van der Waals surface area contributed by atoms with Gasteiger partial charge in [-0.3, -0.25) is 0 Å². The molecule has 2 heterocycles. The first kappa shape index (κ1) is 49.2. The maximum absolute atomic E-state index is 7.36. The molecular formula is C34H80O11Si7. The number of hydrogen-bond acceptors (Lipinski definition) is 11. The van der Waals surface area contributed by atoms with E-state index in [9.17, 15) is 0 Å². The average molecular weight is 862 g/mol. The summed E-state index contributed by atoms with van der Waals surface area (Å²) in [4.78, 5) is 0. The van der Waals surface area contributed by atoms with Gasteiger partial charge < -0.3 is 49.9 Å². The van der Waals surface area contributed by atoms with Gasteiger partial charge in [0, 0.05) is 7.11 Å². The minimum absolute atomic E-state index is 0.316. The minimum atomic E-state index is -2.21. The van der Waals surface area contributed by atoms with Crippen LogP contribution in [0, 0.1) is 0 Å². The van der Waals surface area contributed by atoms with Crippen LogP contribution in [0.2, 0.25) is 137 Å². The first-order valence-electron chi connectivity index (χ1n) is 19.2. The van der Waals surface area contributed by atoms with Gasteiger partial charge in [0.25, 0.3) is 0 Å². The van der Waals surface area contributed by atoms with Crippen molar-refractivity contribution in [2.24, 2.45) is 0 Å². The van der Waals surface area contributed by atoms with Crippen LogP contribution in [-0.2, 0) is 49.9 Å². The molecule has 10 atom stereocenters. The lowest BCUT2D eigenvalue weighted by atomic mass is 9.97. The van der Waals surface area contributed by atoms with Crippen molar-refractivity contribution in [2.75, 3.05) is 20.3 Å². The first-order valence-corrected chi connectivity index (χ1v) is 43.1. The third-order valence-electron chi connectivity index (χ3n) is 7.52. The first-order chi connectivity index (χ1) is 23.1. The fourth-order valence-electron chi connectivity index (χ4n) is 6.01. The van der Waals surface area contributed by atoms with Crippen LogP contribution in [0.4, 0.5) is 0 Å². The van der Waals surface area contributed by atoms with Crippen molar-refractivity contribution in [1.82, 2.24) is 0 Å². The Hall–Kier alpha value is 1.08. The van der Waals surface area contributed by atoms with Gasteiger partial charge in [0.2, 0.25) is 0 Å². The molecule has 2 aliphatic rings. The highest BCUT2D eigenvalue weighted by atomic mass is 28.4. The molecule has 0 unspecified atom stereocenters. The Morgan fingerprint density at radius 2 is 0.635 bits per heavy atom. The number of ether oxygens (including phenoxy) is 4. The summed E-state index contributed by atoms with van der Waals surface area (Å²) in [7, 11) is -13.0. The quantitative estimate of drug-likeness (QED) is 0.117. The van der Waals surface area contributed by atoms with Gasteiger partial charge in [0.1, 0.15) is 48.8 Å². The third kappa shape index (κ3) is 18.1. The van der Waals surface area contributed by atoms with Crippen LogP contribution in [0.25, 0.3) is 0 Å². The lowest BCUT2D eigenvalue weighted by molar-refractivity contribution is -0.349. The predicted octanol–water partition coefficient (Wildman–Crippen LogP) is 8.27. The summed E-state index contributed by atoms with van der Waals surface area (Å²) in [6.07, 6.45) is -5.60. The normalized spacial score (nSPS) is 32.0. The van der Waals surface area contributed by atoms with E-state index in [-0.39, 0.29) is 0 Å². The molecule has 0 spiro atoms. The summed E-state index contributed by atoms with van der Waals surface area (Å²) < 4.78 is 75.6. The molecule has 0 saturated carbocycles. The summed E-state index contributed by atoms with van der Waals surface area (Å²) in [5, 5.41) is 0. The summed E-state index contributed by atoms with van der Waals surface area (Å²) in [6, 6.07) is 0. The lowest BCUT2D eigenvalue weighted by Gasteiger charge is -2.53. The maximum Gasteiger partial charge on any atom is 0.186 e. The number of hydrogen-bond donors (Lipinski definition) is 0.